The molecular weight excluding hydrogens is 366 g/mol. The number of halogens is 2. The highest BCUT2D eigenvalue weighted by Gasteiger charge is 2.38. The smallest absolute Gasteiger partial charge is 0.124 e. The summed E-state index contributed by atoms with van der Waals surface area (Å²) in [7, 11) is 0. The van der Waals surface area contributed by atoms with Crippen molar-refractivity contribution in [3.63, 3.8) is 0 Å². The van der Waals surface area contributed by atoms with Gasteiger partial charge in [0.15, 0.2) is 0 Å². The van der Waals surface area contributed by atoms with Crippen LogP contribution in [-0.2, 0) is 0 Å². The molecule has 0 aromatic heterocycles. The normalized spacial score (nSPS) is 27.1. The Labute approximate surface area is 134 Å². The van der Waals surface area contributed by atoms with Gasteiger partial charge in [0.1, 0.15) is 5.82 Å². The molecule has 20 heavy (non-hydrogen) atoms. The quantitative estimate of drug-likeness (QED) is 0.796. The number of piperazine rings is 1. The predicted octanol–water partition coefficient (Wildman–Crippen LogP) is 3.64. The summed E-state index contributed by atoms with van der Waals surface area (Å²) in [5, 5.41) is 3.72. The van der Waals surface area contributed by atoms with Crippen LogP contribution in [0.2, 0.25) is 0 Å². The summed E-state index contributed by atoms with van der Waals surface area (Å²) in [6.45, 7) is 6.63. The number of hydrogen-bond donors (Lipinski definition) is 1. The molecule has 110 valence electrons. The molecule has 1 N–H and O–H groups in total. The topological polar surface area (TPSA) is 15.3 Å². The van der Waals surface area contributed by atoms with Gasteiger partial charge in [0.2, 0.25) is 0 Å². The Morgan fingerprint density at radius 3 is 2.70 bits per heavy atom. The second-order valence-corrected chi connectivity index (χ2v) is 7.57. The summed E-state index contributed by atoms with van der Waals surface area (Å²) in [6.07, 6.45) is 2.72. The molecule has 0 spiro atoms. The Balaban J connectivity index is 1.87. The average Bonchev–Trinajstić information content (AvgIpc) is 3.22. The van der Waals surface area contributed by atoms with Gasteiger partial charge in [-0.3, -0.25) is 0 Å². The van der Waals surface area contributed by atoms with Crippen molar-refractivity contribution in [2.45, 2.75) is 38.8 Å². The summed E-state index contributed by atoms with van der Waals surface area (Å²) < 4.78 is 14.4. The van der Waals surface area contributed by atoms with Gasteiger partial charge in [-0.15, -0.1) is 0 Å². The fourth-order valence-electron chi connectivity index (χ4n) is 3.20. The van der Waals surface area contributed by atoms with Crippen LogP contribution in [0.5, 0.6) is 0 Å². The highest BCUT2D eigenvalue weighted by molar-refractivity contribution is 14.1. The van der Waals surface area contributed by atoms with Gasteiger partial charge in [0.05, 0.1) is 5.69 Å². The van der Waals surface area contributed by atoms with E-state index >= 15 is 0 Å². The van der Waals surface area contributed by atoms with Crippen LogP contribution in [0.1, 0.15) is 26.7 Å². The minimum atomic E-state index is -0.145. The molecule has 0 bridgehead atoms. The molecule has 2 fully saturated rings. The van der Waals surface area contributed by atoms with Crippen molar-refractivity contribution < 1.29 is 4.39 Å². The first-order valence-electron chi connectivity index (χ1n) is 7.51. The monoisotopic (exact) mass is 388 g/mol. The van der Waals surface area contributed by atoms with E-state index in [0.29, 0.717) is 18.0 Å². The van der Waals surface area contributed by atoms with Crippen LogP contribution in [0, 0.1) is 21.2 Å². The predicted molar refractivity (Wildman–Crippen MR) is 89.6 cm³/mol. The van der Waals surface area contributed by atoms with Crippen LogP contribution in [0.3, 0.4) is 0 Å². The SMILES string of the molecule is CC(C)C1CNC(C2CC2)CN1c1ccc(F)cc1I. The maximum absolute atomic E-state index is 13.3. The Hall–Kier alpha value is -0.360. The molecule has 1 saturated heterocycles. The molecule has 2 aliphatic rings. The van der Waals surface area contributed by atoms with Crippen molar-refractivity contribution in [2.75, 3.05) is 18.0 Å². The molecule has 3 rings (SSSR count). The van der Waals surface area contributed by atoms with Crippen LogP contribution in [-0.4, -0.2) is 25.2 Å². The first-order valence-corrected chi connectivity index (χ1v) is 8.59. The number of benzene rings is 1. The number of nitrogens with one attached hydrogen (secondary N) is 1. The number of rotatable bonds is 3. The zero-order valence-electron chi connectivity index (χ0n) is 12.1. The molecule has 1 aromatic carbocycles. The van der Waals surface area contributed by atoms with Crippen LogP contribution in [0.25, 0.3) is 0 Å². The highest BCUT2D eigenvalue weighted by atomic mass is 127. The van der Waals surface area contributed by atoms with E-state index in [9.17, 15) is 4.39 Å². The van der Waals surface area contributed by atoms with Gasteiger partial charge in [0.25, 0.3) is 0 Å². The molecule has 1 aromatic rings. The summed E-state index contributed by atoms with van der Waals surface area (Å²) in [4.78, 5) is 2.51. The first-order chi connectivity index (χ1) is 9.56. The first kappa shape index (κ1) is 14.6. The lowest BCUT2D eigenvalue weighted by Gasteiger charge is -2.44. The Morgan fingerprint density at radius 2 is 2.10 bits per heavy atom. The van der Waals surface area contributed by atoms with Gasteiger partial charge in [-0.1, -0.05) is 13.8 Å². The van der Waals surface area contributed by atoms with Gasteiger partial charge < -0.3 is 10.2 Å². The van der Waals surface area contributed by atoms with Crippen LogP contribution < -0.4 is 10.2 Å². The summed E-state index contributed by atoms with van der Waals surface area (Å²) in [5.41, 5.74) is 1.19. The standard InChI is InChI=1S/C16H22FIN2/c1-10(2)16-8-19-14(11-3-4-11)9-20(16)15-6-5-12(17)7-13(15)18/h5-7,10-11,14,16,19H,3-4,8-9H2,1-2H3. The number of nitrogens with zero attached hydrogens (tertiary/aromatic N) is 1. The van der Waals surface area contributed by atoms with E-state index in [0.717, 1.165) is 22.6 Å². The van der Waals surface area contributed by atoms with Crippen LogP contribution in [0.15, 0.2) is 18.2 Å². The van der Waals surface area contributed by atoms with E-state index in [1.165, 1.54) is 18.5 Å². The zero-order chi connectivity index (χ0) is 14.3. The van der Waals surface area contributed by atoms with Crippen molar-refractivity contribution in [2.24, 2.45) is 11.8 Å². The van der Waals surface area contributed by atoms with E-state index in [1.54, 1.807) is 12.1 Å². The fraction of sp³-hybridized carbons (Fsp3) is 0.625. The average molecular weight is 388 g/mol. The van der Waals surface area contributed by atoms with Crippen molar-refractivity contribution >= 4 is 28.3 Å². The fourth-order valence-corrected chi connectivity index (χ4v) is 3.98. The third-order valence-corrected chi connectivity index (χ3v) is 5.43. The van der Waals surface area contributed by atoms with E-state index in [1.807, 2.05) is 6.07 Å². The van der Waals surface area contributed by atoms with Gasteiger partial charge >= 0.3 is 0 Å². The van der Waals surface area contributed by atoms with Gasteiger partial charge in [-0.05, 0) is 65.5 Å². The molecule has 2 unspecified atom stereocenters. The Bertz CT molecular complexity index is 487. The molecular formula is C16H22FIN2. The molecule has 2 atom stereocenters. The van der Waals surface area contributed by atoms with Crippen molar-refractivity contribution in [1.29, 1.82) is 0 Å². The lowest BCUT2D eigenvalue weighted by molar-refractivity contribution is 0.320. The molecule has 0 radical (unpaired) electrons. The Kier molecular flexibility index (Phi) is 4.22. The number of anilines is 1. The second kappa shape index (κ2) is 5.79. The third-order valence-electron chi connectivity index (χ3n) is 4.56. The maximum Gasteiger partial charge on any atom is 0.124 e. The largest absolute Gasteiger partial charge is 0.365 e. The zero-order valence-corrected chi connectivity index (χ0v) is 14.2. The van der Waals surface area contributed by atoms with Crippen molar-refractivity contribution in [1.82, 2.24) is 5.32 Å². The minimum absolute atomic E-state index is 0.145. The highest BCUT2D eigenvalue weighted by Crippen LogP contribution is 2.37. The van der Waals surface area contributed by atoms with Crippen molar-refractivity contribution in [3.05, 3.63) is 27.6 Å². The lowest BCUT2D eigenvalue weighted by atomic mass is 9.96. The summed E-state index contributed by atoms with van der Waals surface area (Å²) in [6, 6.07) is 6.27. The molecule has 1 heterocycles. The Morgan fingerprint density at radius 1 is 1.35 bits per heavy atom. The molecule has 1 aliphatic carbocycles. The lowest BCUT2D eigenvalue weighted by Crippen LogP contribution is -2.59. The number of hydrogen-bond acceptors (Lipinski definition) is 2. The summed E-state index contributed by atoms with van der Waals surface area (Å²) >= 11 is 2.26. The molecule has 0 amide bonds. The van der Waals surface area contributed by atoms with E-state index in [-0.39, 0.29) is 5.82 Å². The van der Waals surface area contributed by atoms with Gasteiger partial charge in [-0.2, -0.15) is 0 Å². The van der Waals surface area contributed by atoms with E-state index in [4.69, 9.17) is 0 Å². The van der Waals surface area contributed by atoms with Crippen molar-refractivity contribution in [3.8, 4) is 0 Å². The van der Waals surface area contributed by atoms with E-state index < -0.39 is 0 Å². The second-order valence-electron chi connectivity index (χ2n) is 6.41. The minimum Gasteiger partial charge on any atom is -0.365 e. The maximum atomic E-state index is 13.3. The molecule has 1 aliphatic heterocycles. The van der Waals surface area contributed by atoms with E-state index in [2.05, 4.69) is 46.7 Å². The van der Waals surface area contributed by atoms with Gasteiger partial charge in [0, 0.05) is 28.7 Å². The molecule has 2 nitrogen and oxygen atoms in total. The molecule has 4 heteroatoms. The van der Waals surface area contributed by atoms with Gasteiger partial charge in [-0.25, -0.2) is 4.39 Å². The van der Waals surface area contributed by atoms with Crippen LogP contribution >= 0.6 is 22.6 Å². The third kappa shape index (κ3) is 2.96. The van der Waals surface area contributed by atoms with Crippen LogP contribution in [0.4, 0.5) is 10.1 Å². The molecule has 1 saturated carbocycles. The summed E-state index contributed by atoms with van der Waals surface area (Å²) in [5.74, 6) is 1.29.